The first kappa shape index (κ1) is 16.5. The molecule has 1 atom stereocenters. The van der Waals surface area contributed by atoms with Crippen molar-refractivity contribution < 1.29 is 4.74 Å². The fourth-order valence-corrected chi connectivity index (χ4v) is 2.82. The fraction of sp³-hybridized carbons (Fsp3) is 0.667. The van der Waals surface area contributed by atoms with E-state index in [0.717, 1.165) is 39.3 Å². The van der Waals surface area contributed by atoms with Gasteiger partial charge in [-0.3, -0.25) is 4.90 Å². The molecule has 1 N–H and O–H groups in total. The molecule has 3 nitrogen and oxygen atoms in total. The van der Waals surface area contributed by atoms with Crippen molar-refractivity contribution in [1.29, 1.82) is 0 Å². The highest BCUT2D eigenvalue weighted by atomic mass is 16.5. The van der Waals surface area contributed by atoms with Crippen LogP contribution in [0.25, 0.3) is 0 Å². The molecule has 0 bridgehead atoms. The van der Waals surface area contributed by atoms with Crippen molar-refractivity contribution in [2.45, 2.75) is 52.2 Å². The molecular weight excluding hydrogens is 260 g/mol. The largest absolute Gasteiger partial charge is 0.378 e. The van der Waals surface area contributed by atoms with E-state index < -0.39 is 0 Å². The highest BCUT2D eigenvalue weighted by Gasteiger charge is 2.21. The Labute approximate surface area is 129 Å². The van der Waals surface area contributed by atoms with Crippen LogP contribution >= 0.6 is 0 Å². The third kappa shape index (κ3) is 5.42. The molecule has 0 aliphatic carbocycles. The van der Waals surface area contributed by atoms with Crippen LogP contribution in [0, 0.1) is 0 Å². The van der Waals surface area contributed by atoms with E-state index in [1.807, 2.05) is 0 Å². The first-order valence-electron chi connectivity index (χ1n) is 8.32. The average molecular weight is 290 g/mol. The number of ether oxygens (including phenoxy) is 1. The molecular formula is C18H30N2O. The van der Waals surface area contributed by atoms with Crippen LogP contribution in [0.1, 0.15) is 38.3 Å². The van der Waals surface area contributed by atoms with Gasteiger partial charge in [-0.25, -0.2) is 0 Å². The zero-order chi connectivity index (χ0) is 15.1. The van der Waals surface area contributed by atoms with E-state index >= 15 is 0 Å². The Kier molecular flexibility index (Phi) is 6.68. The second-order valence-electron chi connectivity index (χ2n) is 6.28. The van der Waals surface area contributed by atoms with Gasteiger partial charge in [0.25, 0.3) is 0 Å². The molecule has 1 aromatic rings. The Morgan fingerprint density at radius 2 is 1.95 bits per heavy atom. The lowest BCUT2D eigenvalue weighted by molar-refractivity contribution is -0.0127. The Hall–Kier alpha value is -0.900. The first-order valence-corrected chi connectivity index (χ1v) is 8.32. The van der Waals surface area contributed by atoms with Crippen LogP contribution in [0.15, 0.2) is 24.3 Å². The third-order valence-corrected chi connectivity index (χ3v) is 4.20. The van der Waals surface area contributed by atoms with Crippen molar-refractivity contribution in [3.8, 4) is 0 Å². The molecule has 0 aromatic heterocycles. The fourth-order valence-electron chi connectivity index (χ4n) is 2.82. The van der Waals surface area contributed by atoms with E-state index in [0.29, 0.717) is 12.1 Å². The monoisotopic (exact) mass is 290 g/mol. The predicted octanol–water partition coefficient (Wildman–Crippen LogP) is 2.84. The van der Waals surface area contributed by atoms with Gasteiger partial charge in [-0.15, -0.1) is 0 Å². The molecule has 1 heterocycles. The number of hydrogen-bond acceptors (Lipinski definition) is 3. The molecule has 21 heavy (non-hydrogen) atoms. The third-order valence-electron chi connectivity index (χ3n) is 4.20. The van der Waals surface area contributed by atoms with E-state index in [-0.39, 0.29) is 0 Å². The van der Waals surface area contributed by atoms with E-state index in [4.69, 9.17) is 4.74 Å². The van der Waals surface area contributed by atoms with Crippen LogP contribution in [0.3, 0.4) is 0 Å². The number of hydrogen-bond donors (Lipinski definition) is 1. The van der Waals surface area contributed by atoms with Gasteiger partial charge < -0.3 is 10.1 Å². The highest BCUT2D eigenvalue weighted by Crippen LogP contribution is 2.15. The molecule has 0 spiro atoms. The molecule has 1 aliphatic heterocycles. The summed E-state index contributed by atoms with van der Waals surface area (Å²) >= 11 is 0. The number of rotatable bonds is 7. The zero-order valence-electron chi connectivity index (χ0n) is 13.8. The predicted molar refractivity (Wildman–Crippen MR) is 88.6 cm³/mol. The molecule has 1 aliphatic rings. The minimum atomic E-state index is 0.566. The molecule has 0 saturated carbocycles. The van der Waals surface area contributed by atoms with Crippen molar-refractivity contribution in [2.75, 3.05) is 26.3 Å². The lowest BCUT2D eigenvalue weighted by atomic mass is 10.1. The van der Waals surface area contributed by atoms with Crippen molar-refractivity contribution in [3.05, 3.63) is 35.4 Å². The van der Waals surface area contributed by atoms with Crippen LogP contribution in [-0.4, -0.2) is 43.3 Å². The summed E-state index contributed by atoms with van der Waals surface area (Å²) in [5.41, 5.74) is 2.83. The summed E-state index contributed by atoms with van der Waals surface area (Å²) in [5.74, 6) is 0. The summed E-state index contributed by atoms with van der Waals surface area (Å²) < 4.78 is 5.57. The summed E-state index contributed by atoms with van der Waals surface area (Å²) in [7, 11) is 0. The Balaban J connectivity index is 1.83. The SMILES string of the molecule is CCC1COCCN1Cc1ccc(CCNC(C)C)cc1. The maximum atomic E-state index is 5.57. The van der Waals surface area contributed by atoms with Crippen LogP contribution in [0.4, 0.5) is 0 Å². The maximum Gasteiger partial charge on any atom is 0.0622 e. The van der Waals surface area contributed by atoms with Gasteiger partial charge in [0.2, 0.25) is 0 Å². The quantitative estimate of drug-likeness (QED) is 0.836. The van der Waals surface area contributed by atoms with Gasteiger partial charge >= 0.3 is 0 Å². The molecule has 0 amide bonds. The Morgan fingerprint density at radius 1 is 1.24 bits per heavy atom. The normalized spacial score (nSPS) is 20.1. The zero-order valence-corrected chi connectivity index (χ0v) is 13.8. The molecule has 118 valence electrons. The first-order chi connectivity index (χ1) is 10.2. The van der Waals surface area contributed by atoms with Gasteiger partial charge in [-0.05, 0) is 30.5 Å². The molecule has 1 fully saturated rings. The maximum absolute atomic E-state index is 5.57. The van der Waals surface area contributed by atoms with E-state index in [9.17, 15) is 0 Å². The highest BCUT2D eigenvalue weighted by molar-refractivity contribution is 5.23. The van der Waals surface area contributed by atoms with Gasteiger partial charge in [-0.2, -0.15) is 0 Å². The number of nitrogens with zero attached hydrogens (tertiary/aromatic N) is 1. The van der Waals surface area contributed by atoms with Crippen LogP contribution in [0.2, 0.25) is 0 Å². The number of morpholine rings is 1. The van der Waals surface area contributed by atoms with Crippen molar-refractivity contribution >= 4 is 0 Å². The topological polar surface area (TPSA) is 24.5 Å². The lowest BCUT2D eigenvalue weighted by Gasteiger charge is -2.35. The summed E-state index contributed by atoms with van der Waals surface area (Å²) in [6.07, 6.45) is 2.27. The van der Waals surface area contributed by atoms with Gasteiger partial charge in [0.05, 0.1) is 13.2 Å². The number of nitrogens with one attached hydrogen (secondary N) is 1. The molecule has 2 rings (SSSR count). The second-order valence-corrected chi connectivity index (χ2v) is 6.28. The van der Waals surface area contributed by atoms with E-state index in [1.54, 1.807) is 0 Å². The summed E-state index contributed by atoms with van der Waals surface area (Å²) in [6, 6.07) is 10.3. The van der Waals surface area contributed by atoms with Gasteiger partial charge in [0, 0.05) is 25.2 Å². The molecule has 1 saturated heterocycles. The molecule has 1 aromatic carbocycles. The van der Waals surface area contributed by atoms with Gasteiger partial charge in [0.15, 0.2) is 0 Å². The summed E-state index contributed by atoms with van der Waals surface area (Å²) in [4.78, 5) is 2.55. The Morgan fingerprint density at radius 3 is 2.62 bits per heavy atom. The molecule has 0 radical (unpaired) electrons. The standard InChI is InChI=1S/C18H30N2O/c1-4-18-14-21-12-11-20(18)13-17-7-5-16(6-8-17)9-10-19-15(2)3/h5-8,15,18-19H,4,9-14H2,1-3H3. The number of benzene rings is 1. The summed E-state index contributed by atoms with van der Waals surface area (Å²) in [5, 5.41) is 3.47. The molecule has 3 heteroatoms. The van der Waals surface area contributed by atoms with Crippen molar-refractivity contribution in [3.63, 3.8) is 0 Å². The van der Waals surface area contributed by atoms with E-state index in [1.165, 1.54) is 17.5 Å². The van der Waals surface area contributed by atoms with Crippen LogP contribution in [0.5, 0.6) is 0 Å². The minimum Gasteiger partial charge on any atom is -0.378 e. The Bertz CT molecular complexity index is 402. The van der Waals surface area contributed by atoms with Gasteiger partial charge in [0.1, 0.15) is 0 Å². The second kappa shape index (κ2) is 8.52. The minimum absolute atomic E-state index is 0.566. The van der Waals surface area contributed by atoms with Crippen molar-refractivity contribution in [2.24, 2.45) is 0 Å². The smallest absolute Gasteiger partial charge is 0.0622 e. The van der Waals surface area contributed by atoms with Crippen molar-refractivity contribution in [1.82, 2.24) is 10.2 Å². The average Bonchev–Trinajstić information content (AvgIpc) is 2.49. The van der Waals surface area contributed by atoms with Gasteiger partial charge in [-0.1, -0.05) is 45.0 Å². The van der Waals surface area contributed by atoms with Crippen LogP contribution in [-0.2, 0) is 17.7 Å². The van der Waals surface area contributed by atoms with Crippen LogP contribution < -0.4 is 5.32 Å². The lowest BCUT2D eigenvalue weighted by Crippen LogP contribution is -2.44. The molecule has 1 unspecified atom stereocenters. The van der Waals surface area contributed by atoms with E-state index in [2.05, 4.69) is 55.3 Å². The summed E-state index contributed by atoms with van der Waals surface area (Å²) in [6.45, 7) is 11.5.